The maximum Gasteiger partial charge on any atom is 0.326 e. The number of para-hydroxylation sites is 2. The average Bonchev–Trinajstić information content (AvgIpc) is 3.06. The van der Waals surface area contributed by atoms with Crippen LogP contribution in [0.4, 0.5) is 20.2 Å². The van der Waals surface area contributed by atoms with Crippen LogP contribution in [0.5, 0.6) is 5.75 Å². The van der Waals surface area contributed by atoms with Gasteiger partial charge in [-0.3, -0.25) is 4.79 Å². The van der Waals surface area contributed by atoms with Gasteiger partial charge in [0.2, 0.25) is 0 Å². The van der Waals surface area contributed by atoms with Gasteiger partial charge in [0.05, 0.1) is 6.54 Å². The number of hydrogen-bond donors (Lipinski definition) is 2. The Labute approximate surface area is 260 Å². The van der Waals surface area contributed by atoms with Crippen molar-refractivity contribution in [2.24, 2.45) is 0 Å². The molecular formula is C37H32F2N2O4. The zero-order valence-corrected chi connectivity index (χ0v) is 24.4. The first-order chi connectivity index (χ1) is 21.9. The fourth-order valence-electron chi connectivity index (χ4n) is 5.04. The highest BCUT2D eigenvalue weighted by Crippen LogP contribution is 2.26. The van der Waals surface area contributed by atoms with Crippen LogP contribution in [0.1, 0.15) is 27.0 Å². The Balaban J connectivity index is 1.23. The van der Waals surface area contributed by atoms with Gasteiger partial charge in [-0.25, -0.2) is 13.6 Å². The average molecular weight is 607 g/mol. The second-order valence-electron chi connectivity index (χ2n) is 10.4. The van der Waals surface area contributed by atoms with E-state index in [4.69, 9.17) is 4.74 Å². The van der Waals surface area contributed by atoms with Crippen molar-refractivity contribution in [2.45, 2.75) is 19.0 Å². The molecular weight excluding hydrogens is 574 g/mol. The maximum absolute atomic E-state index is 14.6. The third kappa shape index (κ3) is 8.12. The quantitative estimate of drug-likeness (QED) is 0.128. The predicted octanol–water partition coefficient (Wildman–Crippen LogP) is 7.39. The first-order valence-electron chi connectivity index (χ1n) is 14.5. The van der Waals surface area contributed by atoms with Crippen LogP contribution in [0.3, 0.4) is 0 Å². The highest BCUT2D eigenvalue weighted by Gasteiger charge is 2.22. The van der Waals surface area contributed by atoms with Crippen molar-refractivity contribution in [1.82, 2.24) is 0 Å². The number of hydrogen-bond acceptors (Lipinski definition) is 5. The molecule has 0 saturated carbocycles. The predicted molar refractivity (Wildman–Crippen MR) is 171 cm³/mol. The van der Waals surface area contributed by atoms with E-state index in [2.05, 4.69) is 5.32 Å². The number of carbonyl (C=O) groups is 2. The van der Waals surface area contributed by atoms with Gasteiger partial charge in [-0.1, -0.05) is 91.0 Å². The zero-order valence-electron chi connectivity index (χ0n) is 24.4. The lowest BCUT2D eigenvalue weighted by Crippen LogP contribution is -2.32. The van der Waals surface area contributed by atoms with E-state index in [0.29, 0.717) is 29.1 Å². The highest BCUT2D eigenvalue weighted by atomic mass is 19.1. The Morgan fingerprint density at radius 2 is 1.36 bits per heavy atom. The maximum atomic E-state index is 14.6. The number of ketones is 1. The van der Waals surface area contributed by atoms with Gasteiger partial charge in [0.25, 0.3) is 0 Å². The molecule has 0 fully saturated rings. The number of carbonyl (C=O) groups excluding carboxylic acids is 1. The molecule has 0 spiro atoms. The van der Waals surface area contributed by atoms with Crippen LogP contribution in [0.25, 0.3) is 0 Å². The normalized spacial score (nSPS) is 11.4. The number of rotatable bonds is 14. The third-order valence-corrected chi connectivity index (χ3v) is 7.30. The first kappa shape index (κ1) is 30.9. The molecule has 0 saturated heterocycles. The smallest absolute Gasteiger partial charge is 0.326 e. The van der Waals surface area contributed by atoms with Crippen LogP contribution in [-0.4, -0.2) is 36.1 Å². The van der Waals surface area contributed by atoms with Crippen molar-refractivity contribution in [3.05, 3.63) is 161 Å². The molecule has 45 heavy (non-hydrogen) atoms. The Morgan fingerprint density at radius 3 is 2.02 bits per heavy atom. The molecule has 0 aliphatic rings. The summed E-state index contributed by atoms with van der Waals surface area (Å²) in [7, 11) is 0. The third-order valence-electron chi connectivity index (χ3n) is 7.30. The molecule has 5 aromatic carbocycles. The molecule has 0 radical (unpaired) electrons. The van der Waals surface area contributed by atoms with E-state index in [-0.39, 0.29) is 31.0 Å². The lowest BCUT2D eigenvalue weighted by Gasteiger charge is -2.26. The lowest BCUT2D eigenvalue weighted by atomic mass is 10.00. The SMILES string of the molecule is O=C(c1ccccc1)c1ccccc1N[C@@H](Cc1ccc(OCCN(Cc2ccccc2)c2c(F)cccc2F)cc1)C(=O)O. The van der Waals surface area contributed by atoms with Crippen LogP contribution in [0.15, 0.2) is 127 Å². The minimum absolute atomic E-state index is 0.112. The summed E-state index contributed by atoms with van der Waals surface area (Å²) in [4.78, 5) is 26.9. The molecule has 0 aliphatic heterocycles. The summed E-state index contributed by atoms with van der Waals surface area (Å²) in [6.45, 7) is 0.677. The van der Waals surface area contributed by atoms with Crippen LogP contribution < -0.4 is 15.0 Å². The molecule has 2 N–H and O–H groups in total. The van der Waals surface area contributed by atoms with Crippen LogP contribution in [0, 0.1) is 11.6 Å². The Bertz CT molecular complexity index is 1710. The van der Waals surface area contributed by atoms with Crippen molar-refractivity contribution < 1.29 is 28.2 Å². The number of nitrogens with one attached hydrogen (secondary N) is 1. The van der Waals surface area contributed by atoms with E-state index in [1.165, 1.54) is 18.2 Å². The molecule has 5 aromatic rings. The summed E-state index contributed by atoms with van der Waals surface area (Å²) in [6, 6.07) is 34.9. The minimum atomic E-state index is -1.06. The lowest BCUT2D eigenvalue weighted by molar-refractivity contribution is -0.137. The molecule has 6 nitrogen and oxygen atoms in total. The van der Waals surface area contributed by atoms with Gasteiger partial charge < -0.3 is 20.1 Å². The van der Waals surface area contributed by atoms with Crippen LogP contribution >= 0.6 is 0 Å². The molecule has 0 aliphatic carbocycles. The van der Waals surface area contributed by atoms with Gasteiger partial charge >= 0.3 is 5.97 Å². The summed E-state index contributed by atoms with van der Waals surface area (Å²) < 4.78 is 35.2. The van der Waals surface area contributed by atoms with Crippen molar-refractivity contribution in [3.8, 4) is 5.75 Å². The van der Waals surface area contributed by atoms with E-state index in [1.54, 1.807) is 77.7 Å². The van der Waals surface area contributed by atoms with Gasteiger partial charge in [-0.2, -0.15) is 0 Å². The highest BCUT2D eigenvalue weighted by molar-refractivity contribution is 6.12. The second-order valence-corrected chi connectivity index (χ2v) is 10.4. The van der Waals surface area contributed by atoms with Gasteiger partial charge in [0, 0.05) is 29.8 Å². The molecule has 0 aromatic heterocycles. The van der Waals surface area contributed by atoms with Crippen LogP contribution in [0.2, 0.25) is 0 Å². The Morgan fingerprint density at radius 1 is 0.733 bits per heavy atom. The Kier molecular flexibility index (Phi) is 10.2. The molecule has 0 heterocycles. The van der Waals surface area contributed by atoms with Gasteiger partial charge in [-0.05, 0) is 47.5 Å². The van der Waals surface area contributed by atoms with Crippen molar-refractivity contribution >= 4 is 23.1 Å². The topological polar surface area (TPSA) is 78.9 Å². The van der Waals surface area contributed by atoms with Gasteiger partial charge in [0.15, 0.2) is 5.78 Å². The monoisotopic (exact) mass is 606 g/mol. The largest absolute Gasteiger partial charge is 0.492 e. The standard InChI is InChI=1S/C37H32F2N2O4/c38-31-15-9-16-32(39)35(31)41(25-27-10-3-1-4-11-27)22-23-45-29-20-18-26(19-21-29)24-34(37(43)44)40-33-17-8-7-14-30(33)36(42)28-12-5-2-6-13-28/h1-21,34,40H,22-25H2,(H,43,44)/t34-/m0/s1. The van der Waals surface area contributed by atoms with E-state index in [9.17, 15) is 23.5 Å². The van der Waals surface area contributed by atoms with E-state index >= 15 is 0 Å². The number of nitrogens with zero attached hydrogens (tertiary/aromatic N) is 1. The Hall–Kier alpha value is -5.50. The number of benzene rings is 5. The van der Waals surface area contributed by atoms with E-state index < -0.39 is 23.6 Å². The number of carboxylic acid groups (broad SMARTS) is 1. The number of carboxylic acids is 1. The molecule has 228 valence electrons. The van der Waals surface area contributed by atoms with Crippen molar-refractivity contribution in [1.29, 1.82) is 0 Å². The fraction of sp³-hybridized carbons (Fsp3) is 0.135. The molecule has 1 atom stereocenters. The fourth-order valence-corrected chi connectivity index (χ4v) is 5.04. The second kappa shape index (κ2) is 14.8. The summed E-state index contributed by atoms with van der Waals surface area (Å²) in [6.07, 6.45) is 0.154. The zero-order chi connectivity index (χ0) is 31.6. The number of aliphatic carboxylic acids is 1. The number of anilines is 2. The summed E-state index contributed by atoms with van der Waals surface area (Å²) in [5.74, 6) is -2.03. The first-order valence-corrected chi connectivity index (χ1v) is 14.5. The number of ether oxygens (including phenoxy) is 1. The minimum Gasteiger partial charge on any atom is -0.492 e. The number of halogens is 2. The molecule has 0 bridgehead atoms. The van der Waals surface area contributed by atoms with Crippen molar-refractivity contribution in [2.75, 3.05) is 23.4 Å². The van der Waals surface area contributed by atoms with Crippen molar-refractivity contribution in [3.63, 3.8) is 0 Å². The molecule has 0 unspecified atom stereocenters. The van der Waals surface area contributed by atoms with Gasteiger partial charge in [-0.15, -0.1) is 0 Å². The van der Waals surface area contributed by atoms with Gasteiger partial charge in [0.1, 0.15) is 35.7 Å². The van der Waals surface area contributed by atoms with E-state index in [1.807, 2.05) is 36.4 Å². The summed E-state index contributed by atoms with van der Waals surface area (Å²) in [5.41, 5.74) is 2.86. The van der Waals surface area contributed by atoms with E-state index in [0.717, 1.165) is 11.1 Å². The molecule has 5 rings (SSSR count). The van der Waals surface area contributed by atoms with Crippen LogP contribution in [-0.2, 0) is 17.8 Å². The summed E-state index contributed by atoms with van der Waals surface area (Å²) >= 11 is 0. The summed E-state index contributed by atoms with van der Waals surface area (Å²) in [5, 5.41) is 13.0. The molecule has 0 amide bonds. The molecule has 8 heteroatoms.